The van der Waals surface area contributed by atoms with E-state index in [9.17, 15) is 0 Å². The Bertz CT molecular complexity index is 337. The van der Waals surface area contributed by atoms with Crippen molar-refractivity contribution in [3.05, 3.63) is 33.8 Å². The van der Waals surface area contributed by atoms with Crippen molar-refractivity contribution in [1.82, 2.24) is 10.6 Å². The van der Waals surface area contributed by atoms with E-state index in [0.29, 0.717) is 0 Å². The maximum absolute atomic E-state index is 3.51. The molecule has 1 aromatic rings. The van der Waals surface area contributed by atoms with Crippen molar-refractivity contribution in [3.63, 3.8) is 0 Å². The molecule has 3 heteroatoms. The van der Waals surface area contributed by atoms with Gasteiger partial charge in [-0.25, -0.2) is 0 Å². The van der Waals surface area contributed by atoms with E-state index in [-0.39, 0.29) is 0 Å². The summed E-state index contributed by atoms with van der Waals surface area (Å²) in [6, 6.07) is 6.42. The van der Waals surface area contributed by atoms with Crippen molar-refractivity contribution >= 4 is 15.9 Å². The van der Waals surface area contributed by atoms with Crippen LogP contribution in [0.4, 0.5) is 0 Å². The van der Waals surface area contributed by atoms with Gasteiger partial charge in [-0.1, -0.05) is 35.8 Å². The second kappa shape index (κ2) is 7.85. The van der Waals surface area contributed by atoms with Gasteiger partial charge in [-0.2, -0.15) is 0 Å². The maximum Gasteiger partial charge on any atom is 0.0209 e. The molecule has 1 aromatic carbocycles. The van der Waals surface area contributed by atoms with Gasteiger partial charge >= 0.3 is 0 Å². The van der Waals surface area contributed by atoms with Crippen LogP contribution in [0.25, 0.3) is 0 Å². The Morgan fingerprint density at radius 2 is 1.88 bits per heavy atom. The molecule has 0 radical (unpaired) electrons. The third kappa shape index (κ3) is 6.20. The fraction of sp³-hybridized carbons (Fsp3) is 0.571. The summed E-state index contributed by atoms with van der Waals surface area (Å²) >= 11 is 3.51. The predicted molar refractivity (Wildman–Crippen MR) is 78.3 cm³/mol. The van der Waals surface area contributed by atoms with Crippen LogP contribution in [0.2, 0.25) is 0 Å². The van der Waals surface area contributed by atoms with Gasteiger partial charge < -0.3 is 10.6 Å². The molecule has 0 amide bonds. The lowest BCUT2D eigenvalue weighted by atomic mass is 10.1. The highest BCUT2D eigenvalue weighted by atomic mass is 79.9. The van der Waals surface area contributed by atoms with Gasteiger partial charge in [0.05, 0.1) is 0 Å². The molecule has 1 rings (SSSR count). The number of hydrogen-bond donors (Lipinski definition) is 2. The van der Waals surface area contributed by atoms with Crippen molar-refractivity contribution < 1.29 is 0 Å². The highest BCUT2D eigenvalue weighted by Gasteiger charge is 1.98. The Morgan fingerprint density at radius 1 is 1.18 bits per heavy atom. The van der Waals surface area contributed by atoms with Gasteiger partial charge in [-0.05, 0) is 42.6 Å². The van der Waals surface area contributed by atoms with Gasteiger partial charge in [-0.3, -0.25) is 0 Å². The van der Waals surface area contributed by atoms with Crippen LogP contribution in [0.1, 0.15) is 25.0 Å². The summed E-state index contributed by atoms with van der Waals surface area (Å²) in [5, 5.41) is 6.89. The van der Waals surface area contributed by atoms with Crippen molar-refractivity contribution in [2.45, 2.75) is 27.3 Å². The largest absolute Gasteiger partial charge is 0.315 e. The third-order valence-corrected chi connectivity index (χ3v) is 3.15. The molecule has 0 aliphatic carbocycles. The maximum atomic E-state index is 3.51. The van der Waals surface area contributed by atoms with Crippen molar-refractivity contribution in [3.8, 4) is 0 Å². The summed E-state index contributed by atoms with van der Waals surface area (Å²) in [7, 11) is 0. The number of benzene rings is 1. The molecule has 0 spiro atoms. The summed E-state index contributed by atoms with van der Waals surface area (Å²) in [4.78, 5) is 0. The summed E-state index contributed by atoms with van der Waals surface area (Å²) in [5.41, 5.74) is 2.71. The Hall–Kier alpha value is -0.380. The van der Waals surface area contributed by atoms with E-state index < -0.39 is 0 Å². The number of aryl methyl sites for hydroxylation is 1. The molecule has 17 heavy (non-hydrogen) atoms. The Labute approximate surface area is 113 Å². The number of rotatable bonds is 7. The minimum Gasteiger partial charge on any atom is -0.315 e. The molecule has 2 N–H and O–H groups in total. The van der Waals surface area contributed by atoms with E-state index in [2.05, 4.69) is 65.5 Å². The van der Waals surface area contributed by atoms with Gasteiger partial charge in [0, 0.05) is 24.1 Å². The molecular formula is C14H23BrN2. The van der Waals surface area contributed by atoms with E-state index in [1.807, 2.05) is 0 Å². The molecular weight excluding hydrogens is 276 g/mol. The SMILES string of the molecule is Cc1ccc(Br)cc1CNCCNCC(C)C. The number of halogens is 1. The highest BCUT2D eigenvalue weighted by molar-refractivity contribution is 9.10. The lowest BCUT2D eigenvalue weighted by Gasteiger charge is -2.10. The average Bonchev–Trinajstić information content (AvgIpc) is 2.27. The molecule has 2 nitrogen and oxygen atoms in total. The fourth-order valence-electron chi connectivity index (χ4n) is 1.62. The Balaban J connectivity index is 2.20. The molecule has 0 unspecified atom stereocenters. The summed E-state index contributed by atoms with van der Waals surface area (Å²) in [5.74, 6) is 0.724. The van der Waals surface area contributed by atoms with Gasteiger partial charge in [0.25, 0.3) is 0 Å². The van der Waals surface area contributed by atoms with E-state index in [4.69, 9.17) is 0 Å². The monoisotopic (exact) mass is 298 g/mol. The molecule has 0 aliphatic rings. The van der Waals surface area contributed by atoms with Gasteiger partial charge in [0.15, 0.2) is 0 Å². The minimum atomic E-state index is 0.724. The second-order valence-corrected chi connectivity index (χ2v) is 5.76. The molecule has 96 valence electrons. The van der Waals surface area contributed by atoms with Crippen LogP contribution in [0.3, 0.4) is 0 Å². The van der Waals surface area contributed by atoms with Crippen molar-refractivity contribution in [2.75, 3.05) is 19.6 Å². The average molecular weight is 299 g/mol. The Morgan fingerprint density at radius 3 is 2.59 bits per heavy atom. The molecule has 0 atom stereocenters. The molecule has 0 saturated carbocycles. The topological polar surface area (TPSA) is 24.1 Å². The smallest absolute Gasteiger partial charge is 0.0209 e. The van der Waals surface area contributed by atoms with E-state index in [0.717, 1.165) is 36.6 Å². The van der Waals surface area contributed by atoms with Crippen LogP contribution in [0, 0.1) is 12.8 Å². The Kier molecular flexibility index (Phi) is 6.78. The standard InChI is InChI=1S/C14H23BrN2/c1-11(2)9-16-6-7-17-10-13-8-14(15)5-4-12(13)3/h4-5,8,11,16-17H,6-7,9-10H2,1-3H3. The first-order chi connectivity index (χ1) is 8.09. The van der Waals surface area contributed by atoms with Crippen molar-refractivity contribution in [2.24, 2.45) is 5.92 Å². The van der Waals surface area contributed by atoms with E-state index >= 15 is 0 Å². The lowest BCUT2D eigenvalue weighted by molar-refractivity contribution is 0.535. The summed E-state index contributed by atoms with van der Waals surface area (Å²) < 4.78 is 1.15. The molecule has 0 fully saturated rings. The molecule has 0 bridgehead atoms. The van der Waals surface area contributed by atoms with Crippen LogP contribution in [-0.4, -0.2) is 19.6 Å². The van der Waals surface area contributed by atoms with Gasteiger partial charge in [0.1, 0.15) is 0 Å². The molecule has 0 aromatic heterocycles. The predicted octanol–water partition coefficient (Wildman–Crippen LogP) is 3.09. The first-order valence-corrected chi connectivity index (χ1v) is 7.05. The van der Waals surface area contributed by atoms with Crippen LogP contribution in [0.15, 0.2) is 22.7 Å². The molecule has 0 aliphatic heterocycles. The number of hydrogen-bond acceptors (Lipinski definition) is 2. The molecule has 0 heterocycles. The van der Waals surface area contributed by atoms with Crippen LogP contribution >= 0.6 is 15.9 Å². The highest BCUT2D eigenvalue weighted by Crippen LogP contribution is 2.15. The third-order valence-electron chi connectivity index (χ3n) is 2.66. The second-order valence-electron chi connectivity index (χ2n) is 4.85. The van der Waals surface area contributed by atoms with Crippen molar-refractivity contribution in [1.29, 1.82) is 0 Å². The fourth-order valence-corrected chi connectivity index (χ4v) is 2.03. The zero-order valence-corrected chi connectivity index (χ0v) is 12.6. The summed E-state index contributed by atoms with van der Waals surface area (Å²) in [6.07, 6.45) is 0. The van der Waals surface area contributed by atoms with Crippen LogP contribution < -0.4 is 10.6 Å². The first-order valence-electron chi connectivity index (χ1n) is 6.26. The van der Waals surface area contributed by atoms with E-state index in [1.165, 1.54) is 11.1 Å². The van der Waals surface area contributed by atoms with Crippen LogP contribution in [-0.2, 0) is 6.54 Å². The van der Waals surface area contributed by atoms with E-state index in [1.54, 1.807) is 0 Å². The normalized spacial score (nSPS) is 11.1. The van der Waals surface area contributed by atoms with Gasteiger partial charge in [0.2, 0.25) is 0 Å². The minimum absolute atomic E-state index is 0.724. The first kappa shape index (κ1) is 14.7. The van der Waals surface area contributed by atoms with Crippen LogP contribution in [0.5, 0.6) is 0 Å². The zero-order valence-electron chi connectivity index (χ0n) is 11.0. The molecule has 0 saturated heterocycles. The summed E-state index contributed by atoms with van der Waals surface area (Å²) in [6.45, 7) is 10.7. The lowest BCUT2D eigenvalue weighted by Crippen LogP contribution is -2.29. The quantitative estimate of drug-likeness (QED) is 0.756. The van der Waals surface area contributed by atoms with Gasteiger partial charge in [-0.15, -0.1) is 0 Å². The zero-order chi connectivity index (χ0) is 12.7. The number of nitrogens with one attached hydrogen (secondary N) is 2.